The summed E-state index contributed by atoms with van der Waals surface area (Å²) in [6.45, 7) is 1.32. The van der Waals surface area contributed by atoms with Crippen LogP contribution in [0.3, 0.4) is 0 Å². The second-order valence-corrected chi connectivity index (χ2v) is 4.97. The summed E-state index contributed by atoms with van der Waals surface area (Å²) in [5, 5.41) is 6.26. The van der Waals surface area contributed by atoms with E-state index in [2.05, 4.69) is 27.8 Å². The molecule has 4 heteroatoms. The maximum atomic E-state index is 12.0. The summed E-state index contributed by atoms with van der Waals surface area (Å²) < 4.78 is 0. The highest BCUT2D eigenvalue weighted by Crippen LogP contribution is 2.32. The van der Waals surface area contributed by atoms with Gasteiger partial charge in [-0.05, 0) is 23.8 Å². The Balaban J connectivity index is 1.55. The number of nitrogens with zero attached hydrogens (tertiary/aromatic N) is 1. The van der Waals surface area contributed by atoms with Crippen LogP contribution in [0.2, 0.25) is 0 Å². The number of amides is 1. The van der Waals surface area contributed by atoms with Gasteiger partial charge in [-0.3, -0.25) is 9.78 Å². The molecule has 1 aliphatic rings. The van der Waals surface area contributed by atoms with Gasteiger partial charge in [0, 0.05) is 30.8 Å². The van der Waals surface area contributed by atoms with E-state index in [1.807, 2.05) is 30.3 Å². The minimum absolute atomic E-state index is 0.0687. The van der Waals surface area contributed by atoms with Crippen LogP contribution in [0.1, 0.15) is 23.6 Å². The molecule has 1 aromatic carbocycles. The number of anilines is 1. The van der Waals surface area contributed by atoms with Crippen molar-refractivity contribution in [1.82, 2.24) is 10.3 Å². The van der Waals surface area contributed by atoms with Crippen molar-refractivity contribution in [2.24, 2.45) is 0 Å². The SMILES string of the molecule is O=C(CC1CNc2ccccc21)NCc1ccccn1. The molecule has 2 aromatic rings. The number of nitrogens with one attached hydrogen (secondary N) is 2. The molecule has 2 N–H and O–H groups in total. The van der Waals surface area contributed by atoms with Gasteiger partial charge in [-0.15, -0.1) is 0 Å². The van der Waals surface area contributed by atoms with Gasteiger partial charge < -0.3 is 10.6 Å². The predicted octanol–water partition coefficient (Wildman–Crippen LogP) is 2.30. The van der Waals surface area contributed by atoms with Crippen molar-refractivity contribution in [3.63, 3.8) is 0 Å². The molecule has 2 heterocycles. The van der Waals surface area contributed by atoms with Crippen LogP contribution < -0.4 is 10.6 Å². The number of benzene rings is 1. The molecular formula is C16H17N3O. The Labute approximate surface area is 118 Å². The zero-order valence-electron chi connectivity index (χ0n) is 11.2. The van der Waals surface area contributed by atoms with Gasteiger partial charge in [0.1, 0.15) is 0 Å². The van der Waals surface area contributed by atoms with Crippen LogP contribution in [0, 0.1) is 0 Å². The number of hydrogen-bond donors (Lipinski definition) is 2. The summed E-state index contributed by atoms with van der Waals surface area (Å²) in [4.78, 5) is 16.2. The molecule has 0 radical (unpaired) electrons. The number of carbonyl (C=O) groups is 1. The lowest BCUT2D eigenvalue weighted by atomic mass is 9.97. The van der Waals surface area contributed by atoms with Crippen LogP contribution in [-0.2, 0) is 11.3 Å². The molecule has 1 amide bonds. The molecule has 1 atom stereocenters. The van der Waals surface area contributed by atoms with Crippen LogP contribution in [0.15, 0.2) is 48.7 Å². The number of fused-ring (bicyclic) bond motifs is 1. The van der Waals surface area contributed by atoms with Crippen LogP contribution in [0.4, 0.5) is 5.69 Å². The number of rotatable bonds is 4. The molecule has 1 aromatic heterocycles. The summed E-state index contributed by atoms with van der Waals surface area (Å²) in [6.07, 6.45) is 2.25. The van der Waals surface area contributed by atoms with Crippen molar-refractivity contribution in [1.29, 1.82) is 0 Å². The first-order valence-electron chi connectivity index (χ1n) is 6.82. The Bertz CT molecular complexity index is 598. The zero-order chi connectivity index (χ0) is 13.8. The van der Waals surface area contributed by atoms with E-state index in [0.717, 1.165) is 17.9 Å². The number of hydrogen-bond acceptors (Lipinski definition) is 3. The fourth-order valence-corrected chi connectivity index (χ4v) is 2.53. The Morgan fingerprint density at radius 1 is 1.25 bits per heavy atom. The maximum absolute atomic E-state index is 12.0. The lowest BCUT2D eigenvalue weighted by molar-refractivity contribution is -0.121. The third kappa shape index (κ3) is 2.79. The Morgan fingerprint density at radius 3 is 2.95 bits per heavy atom. The second-order valence-electron chi connectivity index (χ2n) is 4.97. The summed E-state index contributed by atoms with van der Waals surface area (Å²) >= 11 is 0. The first kappa shape index (κ1) is 12.7. The molecule has 3 rings (SSSR count). The van der Waals surface area contributed by atoms with E-state index in [9.17, 15) is 4.79 Å². The average Bonchev–Trinajstić information content (AvgIpc) is 2.90. The lowest BCUT2D eigenvalue weighted by Gasteiger charge is -2.10. The van der Waals surface area contributed by atoms with Crippen LogP contribution in [0.25, 0.3) is 0 Å². The number of carbonyl (C=O) groups excluding carboxylic acids is 1. The van der Waals surface area contributed by atoms with E-state index >= 15 is 0 Å². The lowest BCUT2D eigenvalue weighted by Crippen LogP contribution is -2.25. The first-order chi connectivity index (χ1) is 9.83. The summed E-state index contributed by atoms with van der Waals surface area (Å²) in [5.74, 6) is 0.328. The van der Waals surface area contributed by atoms with Crippen molar-refractivity contribution in [2.45, 2.75) is 18.9 Å². The molecule has 0 fully saturated rings. The molecule has 0 aliphatic carbocycles. The first-order valence-corrected chi connectivity index (χ1v) is 6.82. The van der Waals surface area contributed by atoms with Crippen molar-refractivity contribution in [3.8, 4) is 0 Å². The third-order valence-electron chi connectivity index (χ3n) is 3.56. The largest absolute Gasteiger partial charge is 0.384 e. The molecule has 0 saturated heterocycles. The third-order valence-corrected chi connectivity index (χ3v) is 3.56. The minimum Gasteiger partial charge on any atom is -0.384 e. The van der Waals surface area contributed by atoms with Gasteiger partial charge in [-0.25, -0.2) is 0 Å². The van der Waals surface area contributed by atoms with Gasteiger partial charge in [-0.2, -0.15) is 0 Å². The number of pyridine rings is 1. The van der Waals surface area contributed by atoms with Gasteiger partial charge in [-0.1, -0.05) is 24.3 Å². The molecule has 4 nitrogen and oxygen atoms in total. The summed E-state index contributed by atoms with van der Waals surface area (Å²) in [5.41, 5.74) is 3.27. The van der Waals surface area contributed by atoms with E-state index in [4.69, 9.17) is 0 Å². The van der Waals surface area contributed by atoms with Gasteiger partial charge in [0.05, 0.1) is 12.2 Å². The maximum Gasteiger partial charge on any atom is 0.221 e. The number of aromatic nitrogens is 1. The van der Waals surface area contributed by atoms with E-state index in [-0.39, 0.29) is 11.8 Å². The normalized spacial score (nSPS) is 16.3. The van der Waals surface area contributed by atoms with E-state index in [1.54, 1.807) is 6.20 Å². The summed E-state index contributed by atoms with van der Waals surface area (Å²) in [6, 6.07) is 13.9. The molecule has 0 saturated carbocycles. The number of para-hydroxylation sites is 1. The van der Waals surface area contributed by atoms with E-state index in [0.29, 0.717) is 13.0 Å². The highest BCUT2D eigenvalue weighted by atomic mass is 16.1. The van der Waals surface area contributed by atoms with Crippen molar-refractivity contribution < 1.29 is 4.79 Å². The Hall–Kier alpha value is -2.36. The zero-order valence-corrected chi connectivity index (χ0v) is 11.2. The highest BCUT2D eigenvalue weighted by Gasteiger charge is 2.23. The van der Waals surface area contributed by atoms with Crippen LogP contribution in [0.5, 0.6) is 0 Å². The monoisotopic (exact) mass is 267 g/mol. The Kier molecular flexibility index (Phi) is 3.63. The van der Waals surface area contributed by atoms with E-state index in [1.165, 1.54) is 5.56 Å². The van der Waals surface area contributed by atoms with Gasteiger partial charge in [0.15, 0.2) is 0 Å². The van der Waals surface area contributed by atoms with Crippen molar-refractivity contribution >= 4 is 11.6 Å². The second kappa shape index (κ2) is 5.74. The Morgan fingerprint density at radius 2 is 2.10 bits per heavy atom. The standard InChI is InChI=1S/C16H17N3O/c20-16(19-11-13-5-3-4-8-17-13)9-12-10-18-15-7-2-1-6-14(12)15/h1-8,12,18H,9-11H2,(H,19,20). The molecule has 102 valence electrons. The highest BCUT2D eigenvalue weighted by molar-refractivity contribution is 5.78. The van der Waals surface area contributed by atoms with E-state index < -0.39 is 0 Å². The van der Waals surface area contributed by atoms with Crippen molar-refractivity contribution in [3.05, 3.63) is 59.9 Å². The fraction of sp³-hybridized carbons (Fsp3) is 0.250. The average molecular weight is 267 g/mol. The quantitative estimate of drug-likeness (QED) is 0.893. The smallest absolute Gasteiger partial charge is 0.221 e. The molecule has 0 spiro atoms. The van der Waals surface area contributed by atoms with Gasteiger partial charge in [0.2, 0.25) is 5.91 Å². The molecule has 20 heavy (non-hydrogen) atoms. The summed E-state index contributed by atoms with van der Waals surface area (Å²) in [7, 11) is 0. The minimum atomic E-state index is 0.0687. The topological polar surface area (TPSA) is 54.0 Å². The molecule has 1 unspecified atom stereocenters. The van der Waals surface area contributed by atoms with Crippen LogP contribution in [-0.4, -0.2) is 17.4 Å². The van der Waals surface area contributed by atoms with Crippen LogP contribution >= 0.6 is 0 Å². The molecular weight excluding hydrogens is 250 g/mol. The van der Waals surface area contributed by atoms with Gasteiger partial charge in [0.25, 0.3) is 0 Å². The molecule has 0 bridgehead atoms. The van der Waals surface area contributed by atoms with Crippen molar-refractivity contribution in [2.75, 3.05) is 11.9 Å². The molecule has 1 aliphatic heterocycles. The van der Waals surface area contributed by atoms with Gasteiger partial charge >= 0.3 is 0 Å². The fourth-order valence-electron chi connectivity index (χ4n) is 2.53. The predicted molar refractivity (Wildman–Crippen MR) is 78.4 cm³/mol.